The number of ether oxygens (including phenoxy) is 1. The molecule has 0 unspecified atom stereocenters. The third-order valence-electron chi connectivity index (χ3n) is 2.95. The molecule has 0 spiro atoms. The van der Waals surface area contributed by atoms with Crippen LogP contribution in [0.15, 0.2) is 24.4 Å². The fraction of sp³-hybridized carbons (Fsp3) is 0.143. The molecule has 3 N–H and O–H groups in total. The number of pyridine rings is 1. The molecule has 3 aromatic heterocycles. The van der Waals surface area contributed by atoms with Gasteiger partial charge in [0.2, 0.25) is 0 Å². The van der Waals surface area contributed by atoms with Gasteiger partial charge in [-0.1, -0.05) is 0 Å². The number of aryl methyl sites for hydroxylation is 1. The number of rotatable bonds is 3. The highest BCUT2D eigenvalue weighted by atomic mass is 16.5. The Hall–Kier alpha value is -3.14. The molecule has 0 radical (unpaired) electrons. The molecule has 0 aromatic carbocycles. The van der Waals surface area contributed by atoms with Crippen LogP contribution in [-0.4, -0.2) is 19.9 Å². The first-order valence-electron chi connectivity index (χ1n) is 6.26. The fourth-order valence-corrected chi connectivity index (χ4v) is 1.98. The Balaban J connectivity index is 1.86. The minimum absolute atomic E-state index is 0.167. The van der Waals surface area contributed by atoms with Crippen molar-refractivity contribution in [3.05, 3.63) is 41.3 Å². The van der Waals surface area contributed by atoms with E-state index in [0.717, 1.165) is 11.3 Å². The molecule has 21 heavy (non-hydrogen) atoms. The highest BCUT2D eigenvalue weighted by Crippen LogP contribution is 2.21. The topological polar surface area (TPSA) is 114 Å². The van der Waals surface area contributed by atoms with Crippen LogP contribution in [0.1, 0.15) is 17.0 Å². The van der Waals surface area contributed by atoms with Crippen LogP contribution < -0.4 is 10.5 Å². The highest BCUT2D eigenvalue weighted by Gasteiger charge is 2.10. The van der Waals surface area contributed by atoms with Gasteiger partial charge in [0.15, 0.2) is 0 Å². The molecule has 7 nitrogen and oxygen atoms in total. The summed E-state index contributed by atoms with van der Waals surface area (Å²) < 4.78 is 5.55. The number of hydrogen-bond donors (Lipinski definition) is 2. The molecule has 0 atom stereocenters. The summed E-state index contributed by atoms with van der Waals surface area (Å²) in [4.78, 5) is 15.3. The molecule has 0 aliphatic rings. The lowest BCUT2D eigenvalue weighted by molar-refractivity contribution is 0.282. The first-order chi connectivity index (χ1) is 10.2. The average molecular weight is 280 g/mol. The Morgan fingerprint density at radius 1 is 1.38 bits per heavy atom. The molecule has 104 valence electrons. The van der Waals surface area contributed by atoms with Gasteiger partial charge in [-0.3, -0.25) is 4.98 Å². The first kappa shape index (κ1) is 12.9. The summed E-state index contributed by atoms with van der Waals surface area (Å²) >= 11 is 0. The maximum Gasteiger partial charge on any atom is 0.320 e. The molecule has 7 heteroatoms. The predicted octanol–water partition coefficient (Wildman–Crippen LogP) is 1.69. The smallest absolute Gasteiger partial charge is 0.320 e. The number of H-pyrrole nitrogens is 1. The van der Waals surface area contributed by atoms with E-state index in [1.807, 2.05) is 25.1 Å². The van der Waals surface area contributed by atoms with Gasteiger partial charge >= 0.3 is 6.01 Å². The number of nitrogens with two attached hydrogens (primary N) is 1. The summed E-state index contributed by atoms with van der Waals surface area (Å²) in [5, 5.41) is 9.48. The maximum absolute atomic E-state index is 8.87. The van der Waals surface area contributed by atoms with Crippen molar-refractivity contribution in [2.24, 2.45) is 0 Å². The summed E-state index contributed by atoms with van der Waals surface area (Å²) in [7, 11) is 0. The van der Waals surface area contributed by atoms with Crippen LogP contribution in [0.2, 0.25) is 0 Å². The van der Waals surface area contributed by atoms with Gasteiger partial charge < -0.3 is 15.5 Å². The number of nitrogen functional groups attached to an aromatic ring is 1. The number of anilines is 1. The molecule has 0 fully saturated rings. The van der Waals surface area contributed by atoms with Gasteiger partial charge in [0.05, 0.1) is 5.39 Å². The average Bonchev–Trinajstić information content (AvgIpc) is 2.89. The Morgan fingerprint density at radius 2 is 2.24 bits per heavy atom. The van der Waals surface area contributed by atoms with Gasteiger partial charge in [0, 0.05) is 11.9 Å². The quantitative estimate of drug-likeness (QED) is 0.754. The summed E-state index contributed by atoms with van der Waals surface area (Å²) in [6, 6.07) is 7.56. The van der Waals surface area contributed by atoms with E-state index in [4.69, 9.17) is 15.7 Å². The number of nitrogens with one attached hydrogen (secondary N) is 1. The Labute approximate surface area is 120 Å². The van der Waals surface area contributed by atoms with E-state index in [1.54, 1.807) is 12.3 Å². The monoisotopic (exact) mass is 280 g/mol. The summed E-state index contributed by atoms with van der Waals surface area (Å²) in [5.41, 5.74) is 8.59. The minimum Gasteiger partial charge on any atom is -0.458 e. The summed E-state index contributed by atoms with van der Waals surface area (Å²) in [6.07, 6.45) is 1.72. The van der Waals surface area contributed by atoms with E-state index >= 15 is 0 Å². The van der Waals surface area contributed by atoms with Crippen LogP contribution in [0.25, 0.3) is 11.0 Å². The van der Waals surface area contributed by atoms with Crippen molar-refractivity contribution in [1.29, 1.82) is 5.26 Å². The second-order valence-corrected chi connectivity index (χ2v) is 4.54. The van der Waals surface area contributed by atoms with Crippen LogP contribution in [-0.2, 0) is 6.61 Å². The molecule has 3 rings (SSSR count). The predicted molar refractivity (Wildman–Crippen MR) is 76.3 cm³/mol. The van der Waals surface area contributed by atoms with Gasteiger partial charge in [-0.05, 0) is 30.7 Å². The van der Waals surface area contributed by atoms with Crippen LogP contribution in [0.5, 0.6) is 6.01 Å². The molecule has 0 amide bonds. The van der Waals surface area contributed by atoms with Gasteiger partial charge in [-0.15, -0.1) is 0 Å². The summed E-state index contributed by atoms with van der Waals surface area (Å²) in [5.74, 6) is 0.277. The zero-order valence-corrected chi connectivity index (χ0v) is 11.3. The van der Waals surface area contributed by atoms with Gasteiger partial charge in [0.1, 0.15) is 29.8 Å². The SMILES string of the molecule is Cc1cc(COc2nc(N)c3cc(C#N)[nH]c3n2)ccn1. The van der Waals surface area contributed by atoms with Crippen molar-refractivity contribution in [1.82, 2.24) is 19.9 Å². The van der Waals surface area contributed by atoms with E-state index in [9.17, 15) is 0 Å². The summed E-state index contributed by atoms with van der Waals surface area (Å²) in [6.45, 7) is 2.23. The molecular formula is C14H12N6O. The van der Waals surface area contributed by atoms with Crippen LogP contribution in [0.3, 0.4) is 0 Å². The van der Waals surface area contributed by atoms with Crippen molar-refractivity contribution in [2.75, 3.05) is 5.73 Å². The van der Waals surface area contributed by atoms with E-state index in [1.165, 1.54) is 0 Å². The highest BCUT2D eigenvalue weighted by molar-refractivity contribution is 5.87. The molecule has 0 bridgehead atoms. The molecule has 0 aliphatic carbocycles. The van der Waals surface area contributed by atoms with Crippen molar-refractivity contribution in [2.45, 2.75) is 13.5 Å². The molecule has 3 aromatic rings. The minimum atomic E-state index is 0.167. The maximum atomic E-state index is 8.87. The van der Waals surface area contributed by atoms with Crippen molar-refractivity contribution >= 4 is 16.9 Å². The normalized spacial score (nSPS) is 10.5. The zero-order valence-electron chi connectivity index (χ0n) is 11.3. The number of fused-ring (bicyclic) bond motifs is 1. The van der Waals surface area contributed by atoms with Crippen LogP contribution >= 0.6 is 0 Å². The standard InChI is InChI=1S/C14H12N6O/c1-8-4-9(2-3-17-8)7-21-14-19-12(16)11-5-10(6-15)18-13(11)20-14/h2-5H,7H2,1H3,(H3,16,18,19,20). The van der Waals surface area contributed by atoms with E-state index < -0.39 is 0 Å². The molecule has 0 saturated heterocycles. The van der Waals surface area contributed by atoms with Crippen molar-refractivity contribution < 1.29 is 4.74 Å². The third kappa shape index (κ3) is 2.60. The van der Waals surface area contributed by atoms with Gasteiger partial charge in [-0.2, -0.15) is 15.2 Å². The molecular weight excluding hydrogens is 268 g/mol. The molecule has 0 aliphatic heterocycles. The van der Waals surface area contributed by atoms with Gasteiger partial charge in [0.25, 0.3) is 0 Å². The third-order valence-corrected chi connectivity index (χ3v) is 2.95. The van der Waals surface area contributed by atoms with Crippen LogP contribution in [0, 0.1) is 18.3 Å². The van der Waals surface area contributed by atoms with Crippen molar-refractivity contribution in [3.63, 3.8) is 0 Å². The lowest BCUT2D eigenvalue weighted by Crippen LogP contribution is -2.02. The van der Waals surface area contributed by atoms with Gasteiger partial charge in [-0.25, -0.2) is 0 Å². The van der Waals surface area contributed by atoms with Crippen LogP contribution in [0.4, 0.5) is 5.82 Å². The largest absolute Gasteiger partial charge is 0.458 e. The number of nitriles is 1. The number of aromatic nitrogens is 4. The lowest BCUT2D eigenvalue weighted by Gasteiger charge is -2.06. The van der Waals surface area contributed by atoms with Crippen molar-refractivity contribution in [3.8, 4) is 12.1 Å². The molecule has 3 heterocycles. The lowest BCUT2D eigenvalue weighted by atomic mass is 10.2. The second-order valence-electron chi connectivity index (χ2n) is 4.54. The first-order valence-corrected chi connectivity index (χ1v) is 6.26. The number of nitrogens with zero attached hydrogens (tertiary/aromatic N) is 4. The number of hydrogen-bond acceptors (Lipinski definition) is 6. The Bertz CT molecular complexity index is 848. The fourth-order valence-electron chi connectivity index (χ4n) is 1.98. The number of aromatic amines is 1. The Kier molecular flexibility index (Phi) is 3.12. The van der Waals surface area contributed by atoms with E-state index in [2.05, 4.69) is 19.9 Å². The van der Waals surface area contributed by atoms with E-state index in [-0.39, 0.29) is 11.8 Å². The van der Waals surface area contributed by atoms with E-state index in [0.29, 0.717) is 23.3 Å². The zero-order chi connectivity index (χ0) is 14.8. The Morgan fingerprint density at radius 3 is 3.00 bits per heavy atom. The molecule has 0 saturated carbocycles. The second kappa shape index (κ2) is 5.09.